The average Bonchev–Trinajstić information content (AvgIpc) is 2.41. The molecule has 1 aliphatic rings. The molecule has 0 spiro atoms. The van der Waals surface area contributed by atoms with Gasteiger partial charge in [0.15, 0.2) is 0 Å². The molecular weight excluding hydrogens is 265 g/mol. The van der Waals surface area contributed by atoms with E-state index in [1.807, 2.05) is 6.07 Å². The van der Waals surface area contributed by atoms with Gasteiger partial charge >= 0.3 is 0 Å². The molecule has 1 nitrogen and oxygen atoms in total. The largest absolute Gasteiger partial charge is 0.317 e. The highest BCUT2D eigenvalue weighted by Gasteiger charge is 2.17. The molecule has 0 aliphatic carbocycles. The van der Waals surface area contributed by atoms with Crippen molar-refractivity contribution in [2.75, 3.05) is 13.1 Å². The molecule has 18 heavy (non-hydrogen) atoms. The van der Waals surface area contributed by atoms with Crippen LogP contribution in [0.2, 0.25) is 5.02 Å². The molecule has 96 valence electrons. The van der Waals surface area contributed by atoms with Crippen molar-refractivity contribution in [1.29, 1.82) is 0 Å². The van der Waals surface area contributed by atoms with Gasteiger partial charge in [0, 0.05) is 10.4 Å². The summed E-state index contributed by atoms with van der Waals surface area (Å²) in [4.78, 5) is 0. The van der Waals surface area contributed by atoms with Gasteiger partial charge in [0.2, 0.25) is 0 Å². The fourth-order valence-electron chi connectivity index (χ4n) is 2.77. The molecule has 0 atom stereocenters. The molecule has 1 saturated heterocycles. The van der Waals surface area contributed by atoms with E-state index < -0.39 is 0 Å². The first-order valence-corrected chi connectivity index (χ1v) is 6.62. The Labute approximate surface area is 119 Å². The van der Waals surface area contributed by atoms with Crippen LogP contribution < -0.4 is 5.32 Å². The van der Waals surface area contributed by atoms with Crippen LogP contribution in [0.1, 0.15) is 24.3 Å². The molecule has 0 radical (unpaired) electrons. The summed E-state index contributed by atoms with van der Waals surface area (Å²) < 4.78 is 0. The van der Waals surface area contributed by atoms with Crippen LogP contribution >= 0.6 is 24.0 Å². The summed E-state index contributed by atoms with van der Waals surface area (Å²) >= 11 is 6.26. The van der Waals surface area contributed by atoms with Gasteiger partial charge in [-0.25, -0.2) is 0 Å². The van der Waals surface area contributed by atoms with Crippen molar-refractivity contribution in [2.24, 2.45) is 0 Å². The van der Waals surface area contributed by atoms with Crippen molar-refractivity contribution < 1.29 is 0 Å². The van der Waals surface area contributed by atoms with Crippen molar-refractivity contribution in [3.63, 3.8) is 0 Å². The van der Waals surface area contributed by atoms with E-state index in [1.54, 1.807) is 0 Å². The third kappa shape index (κ3) is 2.49. The molecule has 1 N–H and O–H groups in total. The molecule has 1 fully saturated rings. The lowest BCUT2D eigenvalue weighted by atomic mass is 9.87. The Morgan fingerprint density at radius 3 is 2.33 bits per heavy atom. The summed E-state index contributed by atoms with van der Waals surface area (Å²) in [6.07, 6.45) is 2.46. The summed E-state index contributed by atoms with van der Waals surface area (Å²) in [5.41, 5.74) is 1.46. The standard InChI is InChI=1S/C15H16ClN.ClH/c16-15-6-5-12(11-7-9-17-10-8-11)13-3-1-2-4-14(13)15;/h1-6,11,17H,7-10H2;1H. The Hall–Kier alpha value is -0.760. The Morgan fingerprint density at radius 2 is 1.61 bits per heavy atom. The maximum atomic E-state index is 6.26. The molecule has 2 aromatic rings. The third-order valence-electron chi connectivity index (χ3n) is 3.68. The summed E-state index contributed by atoms with van der Waals surface area (Å²) in [6, 6.07) is 12.7. The van der Waals surface area contributed by atoms with Crippen LogP contribution in [0.3, 0.4) is 0 Å². The monoisotopic (exact) mass is 281 g/mol. The van der Waals surface area contributed by atoms with Gasteiger partial charge in [-0.15, -0.1) is 12.4 Å². The lowest BCUT2D eigenvalue weighted by Crippen LogP contribution is -2.26. The van der Waals surface area contributed by atoms with E-state index in [-0.39, 0.29) is 12.4 Å². The highest BCUT2D eigenvalue weighted by atomic mass is 35.5. The predicted octanol–water partition coefficient (Wildman–Crippen LogP) is 4.38. The SMILES string of the molecule is Cl.Clc1ccc(C2CCNCC2)c2ccccc12. The second kappa shape index (κ2) is 5.92. The van der Waals surface area contributed by atoms with Gasteiger partial charge in [0.05, 0.1) is 0 Å². The van der Waals surface area contributed by atoms with Crippen LogP contribution in [-0.4, -0.2) is 13.1 Å². The molecule has 0 bridgehead atoms. The van der Waals surface area contributed by atoms with Gasteiger partial charge in [0.25, 0.3) is 0 Å². The fourth-order valence-corrected chi connectivity index (χ4v) is 3.00. The number of nitrogens with one attached hydrogen (secondary N) is 1. The van der Waals surface area contributed by atoms with E-state index in [4.69, 9.17) is 11.6 Å². The van der Waals surface area contributed by atoms with Gasteiger partial charge in [-0.2, -0.15) is 0 Å². The maximum absolute atomic E-state index is 6.26. The first-order chi connectivity index (χ1) is 8.36. The molecule has 1 aliphatic heterocycles. The van der Waals surface area contributed by atoms with Crippen molar-refractivity contribution in [3.05, 3.63) is 47.0 Å². The zero-order valence-corrected chi connectivity index (χ0v) is 11.7. The lowest BCUT2D eigenvalue weighted by Gasteiger charge is -2.24. The minimum absolute atomic E-state index is 0. The molecule has 2 aromatic carbocycles. The minimum atomic E-state index is 0. The van der Waals surface area contributed by atoms with Crippen LogP contribution in [0.25, 0.3) is 10.8 Å². The number of benzene rings is 2. The molecule has 3 heteroatoms. The number of fused-ring (bicyclic) bond motifs is 1. The highest BCUT2D eigenvalue weighted by molar-refractivity contribution is 6.35. The number of hydrogen-bond acceptors (Lipinski definition) is 1. The summed E-state index contributed by atoms with van der Waals surface area (Å²) in [7, 11) is 0. The predicted molar refractivity (Wildman–Crippen MR) is 81.1 cm³/mol. The topological polar surface area (TPSA) is 12.0 Å². The van der Waals surface area contributed by atoms with Crippen molar-refractivity contribution in [2.45, 2.75) is 18.8 Å². The first-order valence-electron chi connectivity index (χ1n) is 6.24. The third-order valence-corrected chi connectivity index (χ3v) is 4.01. The second-order valence-corrected chi connectivity index (χ2v) is 5.11. The zero-order valence-electron chi connectivity index (χ0n) is 10.2. The van der Waals surface area contributed by atoms with Crippen molar-refractivity contribution in [3.8, 4) is 0 Å². The van der Waals surface area contributed by atoms with Crippen molar-refractivity contribution in [1.82, 2.24) is 5.32 Å². The maximum Gasteiger partial charge on any atom is 0.0484 e. The molecule has 1 heterocycles. The summed E-state index contributed by atoms with van der Waals surface area (Å²) in [5.74, 6) is 0.679. The van der Waals surface area contributed by atoms with E-state index in [9.17, 15) is 0 Å². The molecule has 0 unspecified atom stereocenters. The number of rotatable bonds is 1. The van der Waals surface area contributed by atoms with E-state index in [1.165, 1.54) is 29.2 Å². The van der Waals surface area contributed by atoms with Crippen LogP contribution in [0.5, 0.6) is 0 Å². The summed E-state index contributed by atoms with van der Waals surface area (Å²) in [6.45, 7) is 2.25. The number of halogens is 2. The summed E-state index contributed by atoms with van der Waals surface area (Å²) in [5, 5.41) is 6.79. The average molecular weight is 282 g/mol. The molecule has 3 rings (SSSR count). The Kier molecular flexibility index (Phi) is 4.50. The van der Waals surface area contributed by atoms with E-state index in [0.717, 1.165) is 18.1 Å². The Morgan fingerprint density at radius 1 is 0.944 bits per heavy atom. The number of piperidine rings is 1. The van der Waals surface area contributed by atoms with Crippen LogP contribution in [-0.2, 0) is 0 Å². The van der Waals surface area contributed by atoms with E-state index in [0.29, 0.717) is 5.92 Å². The normalized spacial score (nSPS) is 16.5. The second-order valence-electron chi connectivity index (χ2n) is 4.71. The quantitative estimate of drug-likeness (QED) is 0.818. The van der Waals surface area contributed by atoms with Crippen LogP contribution in [0.15, 0.2) is 36.4 Å². The van der Waals surface area contributed by atoms with Crippen LogP contribution in [0.4, 0.5) is 0 Å². The zero-order chi connectivity index (χ0) is 11.7. The van der Waals surface area contributed by atoms with E-state index >= 15 is 0 Å². The Balaban J connectivity index is 0.00000120. The van der Waals surface area contributed by atoms with Gasteiger partial charge in [-0.05, 0) is 48.9 Å². The Bertz CT molecular complexity index is 533. The van der Waals surface area contributed by atoms with Gasteiger partial charge < -0.3 is 5.32 Å². The minimum Gasteiger partial charge on any atom is -0.317 e. The van der Waals surface area contributed by atoms with Gasteiger partial charge in [-0.3, -0.25) is 0 Å². The van der Waals surface area contributed by atoms with Gasteiger partial charge in [0.1, 0.15) is 0 Å². The molecule has 0 saturated carbocycles. The first kappa shape index (κ1) is 13.7. The van der Waals surface area contributed by atoms with Gasteiger partial charge in [-0.1, -0.05) is 41.9 Å². The fraction of sp³-hybridized carbons (Fsp3) is 0.333. The van der Waals surface area contributed by atoms with Crippen LogP contribution in [0, 0.1) is 0 Å². The molecule has 0 amide bonds. The van der Waals surface area contributed by atoms with E-state index in [2.05, 4.69) is 35.6 Å². The molecular formula is C15H17Cl2N. The van der Waals surface area contributed by atoms with Crippen molar-refractivity contribution >= 4 is 34.8 Å². The number of hydrogen-bond donors (Lipinski definition) is 1. The molecule has 0 aromatic heterocycles. The smallest absolute Gasteiger partial charge is 0.0484 e. The highest BCUT2D eigenvalue weighted by Crippen LogP contribution is 2.34. The lowest BCUT2D eigenvalue weighted by molar-refractivity contribution is 0.462.